The summed E-state index contributed by atoms with van der Waals surface area (Å²) in [5, 5.41) is 19.7. The van der Waals surface area contributed by atoms with Gasteiger partial charge in [-0.2, -0.15) is 4.39 Å². The second-order valence-corrected chi connectivity index (χ2v) is 3.67. The maximum absolute atomic E-state index is 13.2. The number of aromatic nitrogens is 1. The number of aliphatic hydroxyl groups excluding tert-OH is 1. The standard InChI is InChI=1S/C10H12FNO2/c1-2-10(14)5-7(13)8-6(10)3-4-12-9(8)11/h3-4,7,13-14H,2,5H2,1H3/t7-,10-/m1/s1. The molecule has 1 aromatic rings. The second kappa shape index (κ2) is 3.00. The number of hydrogen-bond acceptors (Lipinski definition) is 3. The van der Waals surface area contributed by atoms with Crippen molar-refractivity contribution in [3.05, 3.63) is 29.3 Å². The number of nitrogens with zero attached hydrogens (tertiary/aromatic N) is 1. The summed E-state index contributed by atoms with van der Waals surface area (Å²) < 4.78 is 13.2. The molecule has 0 saturated heterocycles. The topological polar surface area (TPSA) is 53.4 Å². The first kappa shape index (κ1) is 9.55. The number of aliphatic hydroxyl groups is 2. The van der Waals surface area contributed by atoms with E-state index < -0.39 is 17.7 Å². The van der Waals surface area contributed by atoms with Gasteiger partial charge < -0.3 is 10.2 Å². The van der Waals surface area contributed by atoms with Crippen molar-refractivity contribution in [1.82, 2.24) is 4.98 Å². The molecule has 0 aromatic carbocycles. The monoisotopic (exact) mass is 197 g/mol. The zero-order valence-electron chi connectivity index (χ0n) is 7.87. The Kier molecular flexibility index (Phi) is 2.05. The minimum Gasteiger partial charge on any atom is -0.388 e. The van der Waals surface area contributed by atoms with E-state index in [4.69, 9.17) is 0 Å². The van der Waals surface area contributed by atoms with Crippen molar-refractivity contribution in [2.75, 3.05) is 0 Å². The van der Waals surface area contributed by atoms with Crippen LogP contribution in [0.2, 0.25) is 0 Å². The van der Waals surface area contributed by atoms with E-state index in [1.807, 2.05) is 0 Å². The van der Waals surface area contributed by atoms with Crippen molar-refractivity contribution < 1.29 is 14.6 Å². The summed E-state index contributed by atoms with van der Waals surface area (Å²) in [6.45, 7) is 1.81. The quantitative estimate of drug-likeness (QED) is 0.666. The number of hydrogen-bond donors (Lipinski definition) is 2. The molecule has 4 heteroatoms. The zero-order chi connectivity index (χ0) is 10.3. The molecule has 0 spiro atoms. The van der Waals surface area contributed by atoms with Crippen molar-refractivity contribution in [1.29, 1.82) is 0 Å². The van der Waals surface area contributed by atoms with Crippen LogP contribution in [0, 0.1) is 5.95 Å². The molecule has 14 heavy (non-hydrogen) atoms. The molecule has 3 nitrogen and oxygen atoms in total. The van der Waals surface area contributed by atoms with Crippen LogP contribution in [0.15, 0.2) is 12.3 Å². The Morgan fingerprint density at radius 3 is 3.07 bits per heavy atom. The zero-order valence-corrected chi connectivity index (χ0v) is 7.87. The Morgan fingerprint density at radius 1 is 1.71 bits per heavy atom. The third-order valence-corrected chi connectivity index (χ3v) is 2.89. The first-order chi connectivity index (χ1) is 6.58. The molecule has 0 unspecified atom stereocenters. The molecule has 1 aliphatic carbocycles. The molecular weight excluding hydrogens is 185 g/mol. The minimum absolute atomic E-state index is 0.150. The summed E-state index contributed by atoms with van der Waals surface area (Å²) in [7, 11) is 0. The van der Waals surface area contributed by atoms with Crippen LogP contribution in [0.25, 0.3) is 0 Å². The SMILES string of the molecule is CC[C@@]1(O)C[C@@H](O)c2c1ccnc2F. The largest absolute Gasteiger partial charge is 0.388 e. The molecule has 1 aliphatic rings. The first-order valence-corrected chi connectivity index (χ1v) is 4.64. The molecule has 2 rings (SSSR count). The summed E-state index contributed by atoms with van der Waals surface area (Å²) >= 11 is 0. The van der Waals surface area contributed by atoms with E-state index in [0.717, 1.165) is 0 Å². The van der Waals surface area contributed by atoms with Gasteiger partial charge in [-0.1, -0.05) is 6.92 Å². The average Bonchev–Trinajstić information content (AvgIpc) is 2.41. The Hall–Kier alpha value is -1.00. The van der Waals surface area contributed by atoms with E-state index in [1.165, 1.54) is 6.20 Å². The summed E-state index contributed by atoms with van der Waals surface area (Å²) in [5.41, 5.74) is -0.477. The van der Waals surface area contributed by atoms with Gasteiger partial charge in [0.25, 0.3) is 0 Å². The smallest absolute Gasteiger partial charge is 0.219 e. The molecular formula is C10H12FNO2. The van der Waals surface area contributed by atoms with Crippen molar-refractivity contribution >= 4 is 0 Å². The number of pyridine rings is 1. The molecule has 2 N–H and O–H groups in total. The fraction of sp³-hybridized carbons (Fsp3) is 0.500. The van der Waals surface area contributed by atoms with Crippen molar-refractivity contribution in [3.8, 4) is 0 Å². The maximum atomic E-state index is 13.2. The van der Waals surface area contributed by atoms with Gasteiger partial charge in [0.2, 0.25) is 5.95 Å². The van der Waals surface area contributed by atoms with Gasteiger partial charge in [-0.05, 0) is 18.1 Å². The van der Waals surface area contributed by atoms with Gasteiger partial charge in [0.1, 0.15) is 0 Å². The molecule has 0 aliphatic heterocycles. The van der Waals surface area contributed by atoms with Crippen LogP contribution in [0.5, 0.6) is 0 Å². The first-order valence-electron chi connectivity index (χ1n) is 4.64. The lowest BCUT2D eigenvalue weighted by atomic mass is 9.94. The fourth-order valence-electron chi connectivity index (χ4n) is 2.04. The van der Waals surface area contributed by atoms with Crippen LogP contribution in [0.3, 0.4) is 0 Å². The highest BCUT2D eigenvalue weighted by Gasteiger charge is 2.42. The molecule has 2 atom stereocenters. The Bertz CT molecular complexity index is 369. The van der Waals surface area contributed by atoms with Gasteiger partial charge in [-0.15, -0.1) is 0 Å². The highest BCUT2D eigenvalue weighted by atomic mass is 19.1. The number of rotatable bonds is 1. The Balaban J connectivity index is 2.60. The summed E-state index contributed by atoms with van der Waals surface area (Å²) in [6, 6.07) is 1.57. The van der Waals surface area contributed by atoms with Gasteiger partial charge in [0, 0.05) is 18.2 Å². The highest BCUT2D eigenvalue weighted by Crippen LogP contribution is 2.45. The normalized spacial score (nSPS) is 30.4. The minimum atomic E-state index is -1.10. The van der Waals surface area contributed by atoms with Gasteiger partial charge in [-0.25, -0.2) is 4.98 Å². The van der Waals surface area contributed by atoms with Crippen LogP contribution < -0.4 is 0 Å². The van der Waals surface area contributed by atoms with Crippen LogP contribution in [-0.2, 0) is 5.60 Å². The van der Waals surface area contributed by atoms with Crippen LogP contribution >= 0.6 is 0 Å². The van der Waals surface area contributed by atoms with E-state index in [9.17, 15) is 14.6 Å². The molecule has 76 valence electrons. The molecule has 0 saturated carbocycles. The van der Waals surface area contributed by atoms with Crippen molar-refractivity contribution in [3.63, 3.8) is 0 Å². The van der Waals surface area contributed by atoms with E-state index in [-0.39, 0.29) is 12.0 Å². The van der Waals surface area contributed by atoms with E-state index >= 15 is 0 Å². The maximum Gasteiger partial charge on any atom is 0.219 e. The van der Waals surface area contributed by atoms with Crippen LogP contribution in [0.4, 0.5) is 4.39 Å². The lowest BCUT2D eigenvalue weighted by Gasteiger charge is -2.21. The van der Waals surface area contributed by atoms with Gasteiger partial charge in [-0.3, -0.25) is 0 Å². The predicted octanol–water partition coefficient (Wildman–Crippen LogP) is 1.26. The summed E-state index contributed by atoms with van der Waals surface area (Å²) in [5.74, 6) is -0.681. The van der Waals surface area contributed by atoms with Gasteiger partial charge >= 0.3 is 0 Å². The Labute approximate surface area is 81.2 Å². The lowest BCUT2D eigenvalue weighted by Crippen LogP contribution is -2.21. The Morgan fingerprint density at radius 2 is 2.43 bits per heavy atom. The summed E-state index contributed by atoms with van der Waals surface area (Å²) in [4.78, 5) is 3.46. The molecule has 1 heterocycles. The van der Waals surface area contributed by atoms with Crippen molar-refractivity contribution in [2.45, 2.75) is 31.5 Å². The van der Waals surface area contributed by atoms with E-state index in [1.54, 1.807) is 13.0 Å². The number of halogens is 1. The predicted molar refractivity (Wildman–Crippen MR) is 48.0 cm³/mol. The van der Waals surface area contributed by atoms with Crippen LogP contribution in [0.1, 0.15) is 37.0 Å². The molecule has 0 bridgehead atoms. The van der Waals surface area contributed by atoms with Gasteiger partial charge in [0.05, 0.1) is 11.7 Å². The average molecular weight is 197 g/mol. The second-order valence-electron chi connectivity index (χ2n) is 3.67. The highest BCUT2D eigenvalue weighted by molar-refractivity contribution is 5.37. The molecule has 0 fully saturated rings. The van der Waals surface area contributed by atoms with Gasteiger partial charge in [0.15, 0.2) is 0 Å². The van der Waals surface area contributed by atoms with Crippen molar-refractivity contribution in [2.24, 2.45) is 0 Å². The van der Waals surface area contributed by atoms with E-state index in [2.05, 4.69) is 4.98 Å². The third-order valence-electron chi connectivity index (χ3n) is 2.89. The lowest BCUT2D eigenvalue weighted by molar-refractivity contribution is 0.00277. The molecule has 0 radical (unpaired) electrons. The molecule has 0 amide bonds. The summed E-state index contributed by atoms with van der Waals surface area (Å²) in [6.07, 6.45) is 0.984. The molecule has 1 aromatic heterocycles. The third kappa shape index (κ3) is 1.14. The fourth-order valence-corrected chi connectivity index (χ4v) is 2.04. The van der Waals surface area contributed by atoms with E-state index in [0.29, 0.717) is 12.0 Å². The number of fused-ring (bicyclic) bond motifs is 1. The van der Waals surface area contributed by atoms with Crippen LogP contribution in [-0.4, -0.2) is 15.2 Å².